The van der Waals surface area contributed by atoms with Crippen LogP contribution >= 0.6 is 0 Å². The van der Waals surface area contributed by atoms with Crippen molar-refractivity contribution in [2.24, 2.45) is 7.05 Å². The van der Waals surface area contributed by atoms with Crippen molar-refractivity contribution in [3.05, 3.63) is 29.6 Å². The molecule has 0 bridgehead atoms. The Morgan fingerprint density at radius 1 is 1.58 bits per heavy atom. The smallest absolute Gasteiger partial charge is 0.271 e. The summed E-state index contributed by atoms with van der Waals surface area (Å²) in [6.07, 6.45) is 4.76. The Labute approximate surface area is 111 Å². The number of carbonyl (C=O) groups is 1. The summed E-state index contributed by atoms with van der Waals surface area (Å²) in [6.45, 7) is 2.48. The minimum Gasteiger partial charge on any atom is -0.395 e. The van der Waals surface area contributed by atoms with Crippen LogP contribution in [0.2, 0.25) is 0 Å². The molecule has 2 rings (SSSR count). The van der Waals surface area contributed by atoms with E-state index in [0.717, 1.165) is 11.4 Å². The molecule has 2 heterocycles. The van der Waals surface area contributed by atoms with Gasteiger partial charge in [-0.3, -0.25) is 9.48 Å². The summed E-state index contributed by atoms with van der Waals surface area (Å²) in [5.41, 5.74) is 8.53. The number of nitrogen functional groups attached to an aromatic ring is 1. The van der Waals surface area contributed by atoms with Crippen LogP contribution in [0.5, 0.6) is 0 Å². The SMILES string of the molecule is CCc1nn(C)c(C(=O)NCCc2cnc[nH]2)c1N. The number of hydrogen-bond donors (Lipinski definition) is 3. The van der Waals surface area contributed by atoms with Crippen molar-refractivity contribution in [1.82, 2.24) is 25.1 Å². The molecule has 0 saturated carbocycles. The molecule has 0 aliphatic rings. The summed E-state index contributed by atoms with van der Waals surface area (Å²) in [7, 11) is 1.72. The van der Waals surface area contributed by atoms with Crippen molar-refractivity contribution in [3.63, 3.8) is 0 Å². The minimum atomic E-state index is -0.202. The second-order valence-corrected chi connectivity index (χ2v) is 4.27. The van der Waals surface area contributed by atoms with Crippen molar-refractivity contribution >= 4 is 11.6 Å². The van der Waals surface area contributed by atoms with Crippen LogP contribution in [-0.2, 0) is 19.9 Å². The molecule has 0 aliphatic heterocycles. The Morgan fingerprint density at radius 3 is 2.95 bits per heavy atom. The molecular weight excluding hydrogens is 244 g/mol. The molecule has 102 valence electrons. The van der Waals surface area contributed by atoms with E-state index in [1.54, 1.807) is 19.6 Å². The highest BCUT2D eigenvalue weighted by molar-refractivity contribution is 5.97. The first-order chi connectivity index (χ1) is 9.13. The fraction of sp³-hybridized carbons (Fsp3) is 0.417. The fourth-order valence-electron chi connectivity index (χ4n) is 1.94. The van der Waals surface area contributed by atoms with Gasteiger partial charge in [-0.15, -0.1) is 0 Å². The van der Waals surface area contributed by atoms with E-state index in [0.29, 0.717) is 30.8 Å². The summed E-state index contributed by atoms with van der Waals surface area (Å²) in [5, 5.41) is 7.05. The normalized spacial score (nSPS) is 10.6. The van der Waals surface area contributed by atoms with Gasteiger partial charge in [0.1, 0.15) is 5.69 Å². The van der Waals surface area contributed by atoms with Crippen molar-refractivity contribution < 1.29 is 4.79 Å². The lowest BCUT2D eigenvalue weighted by molar-refractivity contribution is 0.0945. The summed E-state index contributed by atoms with van der Waals surface area (Å²) in [6, 6.07) is 0. The molecule has 0 saturated heterocycles. The first-order valence-corrected chi connectivity index (χ1v) is 6.20. The van der Waals surface area contributed by atoms with E-state index in [4.69, 9.17) is 5.73 Å². The Bertz CT molecular complexity index is 557. The molecular formula is C12H18N6O. The third-order valence-corrected chi connectivity index (χ3v) is 2.95. The molecule has 0 radical (unpaired) electrons. The van der Waals surface area contributed by atoms with Gasteiger partial charge in [0.15, 0.2) is 0 Å². The van der Waals surface area contributed by atoms with Crippen LogP contribution < -0.4 is 11.1 Å². The van der Waals surface area contributed by atoms with Crippen molar-refractivity contribution in [2.75, 3.05) is 12.3 Å². The van der Waals surface area contributed by atoms with Gasteiger partial charge in [-0.1, -0.05) is 6.92 Å². The Morgan fingerprint density at radius 2 is 2.37 bits per heavy atom. The average Bonchev–Trinajstić information content (AvgIpc) is 2.97. The maximum atomic E-state index is 12.1. The van der Waals surface area contributed by atoms with Crippen LogP contribution in [0.1, 0.15) is 28.8 Å². The van der Waals surface area contributed by atoms with E-state index in [1.165, 1.54) is 4.68 Å². The lowest BCUT2D eigenvalue weighted by atomic mass is 10.2. The van der Waals surface area contributed by atoms with Crippen LogP contribution in [0.4, 0.5) is 5.69 Å². The molecule has 0 spiro atoms. The number of nitrogens with zero attached hydrogens (tertiary/aromatic N) is 3. The molecule has 2 aromatic rings. The van der Waals surface area contributed by atoms with Crippen LogP contribution in [0.3, 0.4) is 0 Å². The quantitative estimate of drug-likeness (QED) is 0.719. The van der Waals surface area contributed by atoms with E-state index < -0.39 is 0 Å². The molecule has 2 aromatic heterocycles. The maximum Gasteiger partial charge on any atom is 0.271 e. The number of aryl methyl sites for hydroxylation is 2. The van der Waals surface area contributed by atoms with E-state index in [1.807, 2.05) is 6.92 Å². The van der Waals surface area contributed by atoms with Crippen LogP contribution in [-0.4, -0.2) is 32.2 Å². The maximum absolute atomic E-state index is 12.1. The molecule has 0 aromatic carbocycles. The number of imidazole rings is 1. The molecule has 7 heteroatoms. The zero-order valence-electron chi connectivity index (χ0n) is 11.1. The van der Waals surface area contributed by atoms with Gasteiger partial charge in [-0.05, 0) is 6.42 Å². The van der Waals surface area contributed by atoms with Gasteiger partial charge in [-0.2, -0.15) is 5.10 Å². The molecule has 0 aliphatic carbocycles. The van der Waals surface area contributed by atoms with Gasteiger partial charge in [0.2, 0.25) is 0 Å². The number of hydrogen-bond acceptors (Lipinski definition) is 4. The zero-order chi connectivity index (χ0) is 13.8. The molecule has 7 nitrogen and oxygen atoms in total. The number of carbonyl (C=O) groups excluding carboxylic acids is 1. The van der Waals surface area contributed by atoms with Crippen LogP contribution in [0, 0.1) is 0 Å². The predicted molar refractivity (Wildman–Crippen MR) is 71.6 cm³/mol. The highest BCUT2D eigenvalue weighted by Gasteiger charge is 2.18. The summed E-state index contributed by atoms with van der Waals surface area (Å²) < 4.78 is 1.53. The van der Waals surface area contributed by atoms with Gasteiger partial charge in [-0.25, -0.2) is 4.98 Å². The first kappa shape index (κ1) is 13.1. The number of amides is 1. The monoisotopic (exact) mass is 262 g/mol. The molecule has 19 heavy (non-hydrogen) atoms. The standard InChI is InChI=1S/C12H18N6O/c1-3-9-10(13)11(18(2)17-9)12(19)15-5-4-8-6-14-7-16-8/h6-7H,3-5,13H2,1-2H3,(H,14,16)(H,15,19). The Hall–Kier alpha value is -2.31. The Kier molecular flexibility index (Phi) is 3.84. The summed E-state index contributed by atoms with van der Waals surface area (Å²) in [5.74, 6) is -0.202. The summed E-state index contributed by atoms with van der Waals surface area (Å²) in [4.78, 5) is 19.0. The topological polar surface area (TPSA) is 102 Å². The third kappa shape index (κ3) is 2.75. The first-order valence-electron chi connectivity index (χ1n) is 6.20. The number of aromatic amines is 1. The third-order valence-electron chi connectivity index (χ3n) is 2.95. The molecule has 1 amide bonds. The summed E-state index contributed by atoms with van der Waals surface area (Å²) >= 11 is 0. The highest BCUT2D eigenvalue weighted by atomic mass is 16.2. The Balaban J connectivity index is 1.98. The number of nitrogens with two attached hydrogens (primary N) is 1. The fourth-order valence-corrected chi connectivity index (χ4v) is 1.94. The number of H-pyrrole nitrogens is 1. The largest absolute Gasteiger partial charge is 0.395 e. The van der Waals surface area contributed by atoms with Gasteiger partial charge in [0, 0.05) is 31.9 Å². The van der Waals surface area contributed by atoms with E-state index in [-0.39, 0.29) is 5.91 Å². The average molecular weight is 262 g/mol. The lowest BCUT2D eigenvalue weighted by Crippen LogP contribution is -2.28. The number of rotatable bonds is 5. The molecule has 4 N–H and O–H groups in total. The molecule has 0 atom stereocenters. The molecule has 0 unspecified atom stereocenters. The number of aromatic nitrogens is 4. The van der Waals surface area contributed by atoms with E-state index in [2.05, 4.69) is 20.4 Å². The van der Waals surface area contributed by atoms with E-state index >= 15 is 0 Å². The predicted octanol–water partition coefficient (Wildman–Crippen LogP) is 0.260. The second kappa shape index (κ2) is 5.55. The minimum absolute atomic E-state index is 0.202. The highest BCUT2D eigenvalue weighted by Crippen LogP contribution is 2.16. The molecule has 0 fully saturated rings. The van der Waals surface area contributed by atoms with Crippen molar-refractivity contribution in [3.8, 4) is 0 Å². The van der Waals surface area contributed by atoms with Crippen molar-refractivity contribution in [2.45, 2.75) is 19.8 Å². The van der Waals surface area contributed by atoms with Gasteiger partial charge < -0.3 is 16.0 Å². The second-order valence-electron chi connectivity index (χ2n) is 4.27. The number of nitrogens with one attached hydrogen (secondary N) is 2. The lowest BCUT2D eigenvalue weighted by Gasteiger charge is -2.05. The van der Waals surface area contributed by atoms with Crippen molar-refractivity contribution in [1.29, 1.82) is 0 Å². The number of anilines is 1. The van der Waals surface area contributed by atoms with Crippen LogP contribution in [0.15, 0.2) is 12.5 Å². The van der Waals surface area contributed by atoms with Crippen LogP contribution in [0.25, 0.3) is 0 Å². The van der Waals surface area contributed by atoms with Gasteiger partial charge in [0.05, 0.1) is 17.7 Å². The van der Waals surface area contributed by atoms with Gasteiger partial charge in [0.25, 0.3) is 5.91 Å². The van der Waals surface area contributed by atoms with Gasteiger partial charge >= 0.3 is 0 Å². The zero-order valence-corrected chi connectivity index (χ0v) is 11.1. The van der Waals surface area contributed by atoms with E-state index in [9.17, 15) is 4.79 Å².